The Balaban J connectivity index is 1.73. The van der Waals surface area contributed by atoms with Crippen LogP contribution in [0.5, 0.6) is 0 Å². The molecule has 7 heteroatoms. The molecule has 0 radical (unpaired) electrons. The van der Waals surface area contributed by atoms with Crippen molar-refractivity contribution in [3.63, 3.8) is 0 Å². The number of nitrogen functional groups attached to an aromatic ring is 1. The Morgan fingerprint density at radius 2 is 1.81 bits per heavy atom. The van der Waals surface area contributed by atoms with Gasteiger partial charge in [0.25, 0.3) is 0 Å². The molecule has 1 aliphatic rings. The van der Waals surface area contributed by atoms with E-state index in [4.69, 9.17) is 5.84 Å². The SMILES string of the molecule is CN(C)c1nc(NN)nc(NC2CC2c2ccccc2)n1. The summed E-state index contributed by atoms with van der Waals surface area (Å²) in [6.45, 7) is 0. The fraction of sp³-hybridized carbons (Fsp3) is 0.357. The van der Waals surface area contributed by atoms with Crippen LogP contribution in [-0.4, -0.2) is 35.1 Å². The third kappa shape index (κ3) is 3.03. The van der Waals surface area contributed by atoms with Crippen LogP contribution in [0, 0.1) is 0 Å². The van der Waals surface area contributed by atoms with Crippen LogP contribution in [0.15, 0.2) is 30.3 Å². The molecule has 2 unspecified atom stereocenters. The summed E-state index contributed by atoms with van der Waals surface area (Å²) in [4.78, 5) is 14.6. The average molecular weight is 285 g/mol. The molecule has 2 aromatic rings. The largest absolute Gasteiger partial charge is 0.351 e. The van der Waals surface area contributed by atoms with Gasteiger partial charge in [-0.05, 0) is 12.0 Å². The highest BCUT2D eigenvalue weighted by atomic mass is 15.4. The fourth-order valence-corrected chi connectivity index (χ4v) is 2.28. The standard InChI is InChI=1S/C14H19N7/c1-21(2)14-18-12(17-13(19-14)20-15)16-11-8-10(11)9-6-4-3-5-7-9/h3-7,10-11H,8,15H2,1-2H3,(H2,16,17,18,19,20). The van der Waals surface area contributed by atoms with Gasteiger partial charge >= 0.3 is 0 Å². The van der Waals surface area contributed by atoms with Crippen molar-refractivity contribution in [2.75, 3.05) is 29.7 Å². The van der Waals surface area contributed by atoms with Crippen LogP contribution in [0.3, 0.4) is 0 Å². The molecule has 1 aromatic carbocycles. The molecule has 1 aliphatic carbocycles. The number of hydrazine groups is 1. The molecule has 3 rings (SSSR count). The third-order valence-corrected chi connectivity index (χ3v) is 3.49. The molecule has 0 saturated heterocycles. The number of nitrogens with two attached hydrogens (primary N) is 1. The van der Waals surface area contributed by atoms with Gasteiger partial charge in [-0.25, -0.2) is 5.84 Å². The minimum atomic E-state index is 0.355. The van der Waals surface area contributed by atoms with E-state index in [2.05, 4.69) is 50.0 Å². The highest BCUT2D eigenvalue weighted by Crippen LogP contribution is 2.42. The lowest BCUT2D eigenvalue weighted by molar-refractivity contribution is 0.930. The minimum Gasteiger partial charge on any atom is -0.351 e. The molecule has 21 heavy (non-hydrogen) atoms. The highest BCUT2D eigenvalue weighted by Gasteiger charge is 2.38. The monoisotopic (exact) mass is 285 g/mol. The molecular weight excluding hydrogens is 266 g/mol. The fourth-order valence-electron chi connectivity index (χ4n) is 2.28. The lowest BCUT2D eigenvalue weighted by Gasteiger charge is -2.13. The summed E-state index contributed by atoms with van der Waals surface area (Å²) < 4.78 is 0. The first-order valence-corrected chi connectivity index (χ1v) is 6.89. The first kappa shape index (κ1) is 13.6. The van der Waals surface area contributed by atoms with Gasteiger partial charge < -0.3 is 10.2 Å². The summed E-state index contributed by atoms with van der Waals surface area (Å²) in [5, 5.41) is 3.35. The van der Waals surface area contributed by atoms with Gasteiger partial charge in [-0.2, -0.15) is 15.0 Å². The maximum atomic E-state index is 5.40. The van der Waals surface area contributed by atoms with Crippen molar-refractivity contribution < 1.29 is 0 Å². The number of rotatable bonds is 5. The minimum absolute atomic E-state index is 0.355. The molecule has 7 nitrogen and oxygen atoms in total. The summed E-state index contributed by atoms with van der Waals surface area (Å²) in [6.07, 6.45) is 1.08. The van der Waals surface area contributed by atoms with Crippen LogP contribution in [0.1, 0.15) is 17.9 Å². The molecule has 0 amide bonds. The topological polar surface area (TPSA) is 92.0 Å². The van der Waals surface area contributed by atoms with Gasteiger partial charge in [-0.15, -0.1) is 0 Å². The first-order chi connectivity index (χ1) is 10.2. The Morgan fingerprint density at radius 3 is 2.48 bits per heavy atom. The Hall–Kier alpha value is -2.41. The van der Waals surface area contributed by atoms with Gasteiger partial charge in [-0.3, -0.25) is 5.43 Å². The molecule has 1 saturated carbocycles. The van der Waals surface area contributed by atoms with Crippen LogP contribution in [0.2, 0.25) is 0 Å². The Labute approximate surface area is 123 Å². The summed E-state index contributed by atoms with van der Waals surface area (Å²) >= 11 is 0. The van der Waals surface area contributed by atoms with E-state index in [1.807, 2.05) is 25.1 Å². The molecule has 0 spiro atoms. The van der Waals surface area contributed by atoms with Gasteiger partial charge in [0.05, 0.1) is 0 Å². The number of hydrogen-bond donors (Lipinski definition) is 3. The molecule has 2 atom stereocenters. The highest BCUT2D eigenvalue weighted by molar-refractivity contribution is 5.45. The van der Waals surface area contributed by atoms with Crippen LogP contribution >= 0.6 is 0 Å². The Bertz CT molecular complexity index is 614. The number of benzene rings is 1. The lowest BCUT2D eigenvalue weighted by Crippen LogP contribution is -2.19. The zero-order chi connectivity index (χ0) is 14.8. The maximum absolute atomic E-state index is 5.40. The van der Waals surface area contributed by atoms with Crippen molar-refractivity contribution in [3.8, 4) is 0 Å². The van der Waals surface area contributed by atoms with Gasteiger partial charge in [0, 0.05) is 26.1 Å². The van der Waals surface area contributed by atoms with E-state index in [1.165, 1.54) is 5.56 Å². The first-order valence-electron chi connectivity index (χ1n) is 6.89. The van der Waals surface area contributed by atoms with Gasteiger partial charge in [0.2, 0.25) is 17.8 Å². The molecule has 4 N–H and O–H groups in total. The van der Waals surface area contributed by atoms with E-state index in [1.54, 1.807) is 0 Å². The molecular formula is C14H19N7. The smallest absolute Gasteiger partial charge is 0.243 e. The van der Waals surface area contributed by atoms with E-state index in [9.17, 15) is 0 Å². The third-order valence-electron chi connectivity index (χ3n) is 3.49. The Kier molecular flexibility index (Phi) is 3.57. The van der Waals surface area contributed by atoms with Crippen LogP contribution < -0.4 is 21.5 Å². The second-order valence-corrected chi connectivity index (χ2v) is 5.33. The second kappa shape index (κ2) is 5.53. The lowest BCUT2D eigenvalue weighted by atomic mass is 10.1. The average Bonchev–Trinajstić information content (AvgIpc) is 3.27. The van der Waals surface area contributed by atoms with Crippen LogP contribution in [-0.2, 0) is 0 Å². The van der Waals surface area contributed by atoms with E-state index in [0.717, 1.165) is 6.42 Å². The maximum Gasteiger partial charge on any atom is 0.243 e. The van der Waals surface area contributed by atoms with E-state index < -0.39 is 0 Å². The van der Waals surface area contributed by atoms with Crippen molar-refractivity contribution in [2.24, 2.45) is 5.84 Å². The number of hydrogen-bond acceptors (Lipinski definition) is 7. The van der Waals surface area contributed by atoms with Crippen molar-refractivity contribution in [1.29, 1.82) is 0 Å². The van der Waals surface area contributed by atoms with Crippen molar-refractivity contribution >= 4 is 17.8 Å². The van der Waals surface area contributed by atoms with E-state index in [-0.39, 0.29) is 0 Å². The van der Waals surface area contributed by atoms with Gasteiger partial charge in [0.15, 0.2) is 0 Å². The molecule has 1 fully saturated rings. The summed E-state index contributed by atoms with van der Waals surface area (Å²) in [7, 11) is 3.76. The number of aromatic nitrogens is 3. The van der Waals surface area contributed by atoms with Gasteiger partial charge in [-0.1, -0.05) is 30.3 Å². The number of anilines is 3. The number of nitrogens with zero attached hydrogens (tertiary/aromatic N) is 4. The normalized spacial score (nSPS) is 20.0. The summed E-state index contributed by atoms with van der Waals surface area (Å²) in [5.74, 6) is 7.39. The van der Waals surface area contributed by atoms with Gasteiger partial charge in [0.1, 0.15) is 0 Å². The van der Waals surface area contributed by atoms with Crippen LogP contribution in [0.4, 0.5) is 17.8 Å². The molecule has 0 bridgehead atoms. The second-order valence-electron chi connectivity index (χ2n) is 5.33. The zero-order valence-corrected chi connectivity index (χ0v) is 12.1. The van der Waals surface area contributed by atoms with E-state index >= 15 is 0 Å². The predicted molar refractivity (Wildman–Crippen MR) is 83.2 cm³/mol. The zero-order valence-electron chi connectivity index (χ0n) is 12.1. The van der Waals surface area contributed by atoms with E-state index in [0.29, 0.717) is 29.8 Å². The Morgan fingerprint density at radius 1 is 1.10 bits per heavy atom. The van der Waals surface area contributed by atoms with Crippen LogP contribution in [0.25, 0.3) is 0 Å². The quantitative estimate of drug-likeness (QED) is 0.561. The molecule has 1 heterocycles. The van der Waals surface area contributed by atoms with Crippen molar-refractivity contribution in [2.45, 2.75) is 18.4 Å². The molecule has 110 valence electrons. The predicted octanol–water partition coefficient (Wildman–Crippen LogP) is 1.19. The molecule has 1 aromatic heterocycles. The summed E-state index contributed by atoms with van der Waals surface area (Å²) in [6, 6.07) is 10.8. The van der Waals surface area contributed by atoms with Crippen molar-refractivity contribution in [1.82, 2.24) is 15.0 Å². The summed E-state index contributed by atoms with van der Waals surface area (Å²) in [5.41, 5.74) is 3.81. The van der Waals surface area contributed by atoms with Crippen molar-refractivity contribution in [3.05, 3.63) is 35.9 Å². The molecule has 0 aliphatic heterocycles. The number of nitrogens with one attached hydrogen (secondary N) is 2.